The number of ketones is 1. The van der Waals surface area contributed by atoms with Gasteiger partial charge in [-0.2, -0.15) is 0 Å². The van der Waals surface area contributed by atoms with E-state index in [-0.39, 0.29) is 37.5 Å². The molecule has 0 saturated heterocycles. The van der Waals surface area contributed by atoms with Crippen molar-refractivity contribution in [2.24, 2.45) is 5.41 Å². The lowest BCUT2D eigenvalue weighted by Gasteiger charge is -2.31. The fourth-order valence-corrected chi connectivity index (χ4v) is 8.07. The van der Waals surface area contributed by atoms with Crippen molar-refractivity contribution < 1.29 is 32.2 Å². The van der Waals surface area contributed by atoms with Gasteiger partial charge in [0.15, 0.2) is 5.78 Å². The van der Waals surface area contributed by atoms with Crippen molar-refractivity contribution in [1.29, 1.82) is 0 Å². The Morgan fingerprint density at radius 2 is 1.32 bits per heavy atom. The number of hydrogen-bond acceptors (Lipinski definition) is 8. The minimum atomic E-state index is -3.90. The van der Waals surface area contributed by atoms with E-state index in [0.717, 1.165) is 24.2 Å². The molecule has 5 aromatic rings. The third-order valence-electron chi connectivity index (χ3n) is 11.7. The first-order valence-corrected chi connectivity index (χ1v) is 23.5. The number of Topliss-reactive ketones (excluding diaryl/α,β-unsaturated/α-hetero) is 1. The van der Waals surface area contributed by atoms with E-state index in [9.17, 15) is 18.0 Å². The van der Waals surface area contributed by atoms with Gasteiger partial charge < -0.3 is 24.8 Å². The molecule has 1 amide bonds. The molecule has 0 aliphatic heterocycles. The Hall–Kier alpha value is -5.32. The van der Waals surface area contributed by atoms with Gasteiger partial charge in [-0.15, -0.1) is 0 Å². The number of sulfone groups is 1. The first-order chi connectivity index (χ1) is 29.6. The molecule has 2 N–H and O–H groups in total. The fraction of sp³-hybridized carbons (Fsp3) is 0.385. The van der Waals surface area contributed by atoms with E-state index in [0.29, 0.717) is 36.7 Å². The van der Waals surface area contributed by atoms with E-state index >= 15 is 0 Å². The molecule has 0 spiro atoms. The number of carbonyl (C=O) groups excluding carboxylic acids is 2. The fourth-order valence-electron chi connectivity index (χ4n) is 6.65. The highest BCUT2D eigenvalue weighted by Gasteiger charge is 2.37. The van der Waals surface area contributed by atoms with Gasteiger partial charge in [0.2, 0.25) is 15.9 Å². The molecule has 63 heavy (non-hydrogen) atoms. The molecule has 0 radical (unpaired) electrons. The average Bonchev–Trinajstić information content (AvgIpc) is 3.26. The number of halogens is 1. The molecule has 336 valence electrons. The first-order valence-electron chi connectivity index (χ1n) is 21.6. The normalized spacial score (nSPS) is 13.1. The number of nitrogens with one attached hydrogen (secondary N) is 2. The summed E-state index contributed by atoms with van der Waals surface area (Å²) in [6, 6.07) is 33.3. The minimum absolute atomic E-state index is 0.0170. The summed E-state index contributed by atoms with van der Waals surface area (Å²) in [6.45, 7) is 21.6. The molecule has 0 aliphatic carbocycles. The van der Waals surface area contributed by atoms with Crippen molar-refractivity contribution in [3.8, 4) is 17.2 Å². The number of anilines is 2. The second-order valence-corrected chi connectivity index (χ2v) is 20.7. The summed E-state index contributed by atoms with van der Waals surface area (Å²) in [5.41, 5.74) is 3.58. The smallest absolute Gasteiger partial charge is 0.273 e. The molecular weight excluding hydrogens is 832 g/mol. The quantitative estimate of drug-likeness (QED) is 0.0741. The van der Waals surface area contributed by atoms with Crippen LogP contribution in [0.4, 0.5) is 11.4 Å². The van der Waals surface area contributed by atoms with Crippen LogP contribution in [-0.2, 0) is 36.9 Å². The number of amides is 1. The van der Waals surface area contributed by atoms with Gasteiger partial charge in [-0.25, -0.2) is 8.42 Å². The zero-order chi connectivity index (χ0) is 46.2. The van der Waals surface area contributed by atoms with Gasteiger partial charge >= 0.3 is 0 Å². The topological polar surface area (TPSA) is 120 Å². The summed E-state index contributed by atoms with van der Waals surface area (Å²) in [7, 11) is -3.90. The Morgan fingerprint density at radius 3 is 1.90 bits per heavy atom. The van der Waals surface area contributed by atoms with Crippen LogP contribution in [0.25, 0.3) is 0 Å². The van der Waals surface area contributed by atoms with Crippen molar-refractivity contribution in [3.05, 3.63) is 137 Å². The second-order valence-electron chi connectivity index (χ2n) is 18.3. The molecule has 2 atom stereocenters. The predicted molar refractivity (Wildman–Crippen MR) is 254 cm³/mol. The Balaban J connectivity index is 1.23. The molecule has 11 heteroatoms. The highest BCUT2D eigenvalue weighted by molar-refractivity contribution is 7.91. The summed E-state index contributed by atoms with van der Waals surface area (Å²) < 4.78 is 45.4. The summed E-state index contributed by atoms with van der Waals surface area (Å²) in [5.74, 6) is 0.380. The SMILES string of the molecule is CCC(C)(C)c1ccc(OC(C)CCNc2ccc(Cl)c(NC(=O)C(Oc3ccc(S(=O)(=O)c4ccc(OCc5ccccc5)cc4)cc3)C(=O)C(C)(C)C)c2)c(C(C)(C)CC)c1. The van der Waals surface area contributed by atoms with Crippen molar-refractivity contribution in [1.82, 2.24) is 0 Å². The number of hydrogen-bond donors (Lipinski definition) is 2. The van der Waals surface area contributed by atoms with Crippen molar-refractivity contribution in [3.63, 3.8) is 0 Å². The van der Waals surface area contributed by atoms with Crippen LogP contribution in [0.2, 0.25) is 5.02 Å². The maximum absolute atomic E-state index is 13.9. The zero-order valence-electron chi connectivity index (χ0n) is 38.3. The van der Waals surface area contributed by atoms with Crippen LogP contribution >= 0.6 is 11.6 Å². The minimum Gasteiger partial charge on any atom is -0.490 e. The molecule has 9 nitrogen and oxygen atoms in total. The van der Waals surface area contributed by atoms with Crippen LogP contribution in [-0.4, -0.2) is 38.9 Å². The number of carbonyl (C=O) groups is 2. The van der Waals surface area contributed by atoms with Crippen LogP contribution in [0.3, 0.4) is 0 Å². The maximum Gasteiger partial charge on any atom is 0.273 e. The summed E-state index contributed by atoms with van der Waals surface area (Å²) in [6.07, 6.45) is 1.06. The Kier molecular flexibility index (Phi) is 15.8. The average molecular weight is 896 g/mol. The molecule has 0 heterocycles. The monoisotopic (exact) mass is 894 g/mol. The Labute approximate surface area is 379 Å². The molecule has 0 fully saturated rings. The van der Waals surface area contributed by atoms with Gasteiger partial charge in [-0.1, -0.05) is 116 Å². The highest BCUT2D eigenvalue weighted by Crippen LogP contribution is 2.39. The lowest BCUT2D eigenvalue weighted by atomic mass is 9.76. The summed E-state index contributed by atoms with van der Waals surface area (Å²) >= 11 is 6.57. The highest BCUT2D eigenvalue weighted by atomic mass is 35.5. The first kappa shape index (κ1) is 48.7. The number of ether oxygens (including phenoxy) is 3. The standard InChI is InChI=1S/C52H63ClN2O7S/c1-11-51(7,8)37-18-29-46(43(32-37)52(9,10)12-2)61-35(3)30-31-54-38-19-28-44(53)45(33-38)55-49(57)47(48(56)50(4,5)6)62-40-22-26-42(27-23-40)63(58,59)41-24-20-39(21-25-41)60-34-36-16-14-13-15-17-36/h13-29,32-33,35,47,54H,11-12,30-31,34H2,1-10H3,(H,55,57). The van der Waals surface area contributed by atoms with Crippen molar-refractivity contribution in [2.75, 3.05) is 17.2 Å². The molecule has 5 rings (SSSR count). The molecule has 0 aliphatic rings. The van der Waals surface area contributed by atoms with E-state index in [4.69, 9.17) is 25.8 Å². The molecular formula is C52H63ClN2O7S. The zero-order valence-corrected chi connectivity index (χ0v) is 39.9. The Morgan fingerprint density at radius 1 is 0.714 bits per heavy atom. The van der Waals surface area contributed by atoms with Gasteiger partial charge in [-0.05, 0) is 115 Å². The largest absolute Gasteiger partial charge is 0.490 e. The van der Waals surface area contributed by atoms with E-state index in [1.807, 2.05) is 36.4 Å². The maximum atomic E-state index is 13.9. The second kappa shape index (κ2) is 20.5. The van der Waals surface area contributed by atoms with Gasteiger partial charge in [0.05, 0.1) is 26.6 Å². The molecule has 0 bridgehead atoms. The van der Waals surface area contributed by atoms with E-state index in [1.54, 1.807) is 45.0 Å². The van der Waals surface area contributed by atoms with Gasteiger partial charge in [0, 0.05) is 29.6 Å². The van der Waals surface area contributed by atoms with Crippen LogP contribution in [0.1, 0.15) is 105 Å². The van der Waals surface area contributed by atoms with Gasteiger partial charge in [-0.3, -0.25) is 9.59 Å². The van der Waals surface area contributed by atoms with Crippen LogP contribution < -0.4 is 24.8 Å². The molecule has 2 unspecified atom stereocenters. The number of rotatable bonds is 20. The molecule has 0 aromatic heterocycles. The molecule has 0 saturated carbocycles. The lowest BCUT2D eigenvalue weighted by Crippen LogP contribution is -2.45. The van der Waals surface area contributed by atoms with E-state index in [1.165, 1.54) is 47.5 Å². The van der Waals surface area contributed by atoms with Crippen molar-refractivity contribution >= 4 is 44.5 Å². The van der Waals surface area contributed by atoms with Crippen LogP contribution in [0.15, 0.2) is 125 Å². The summed E-state index contributed by atoms with van der Waals surface area (Å²) in [5, 5.41) is 6.48. The molecule has 5 aromatic carbocycles. The lowest BCUT2D eigenvalue weighted by molar-refractivity contribution is -0.140. The van der Waals surface area contributed by atoms with Gasteiger partial charge in [0.1, 0.15) is 23.9 Å². The van der Waals surface area contributed by atoms with E-state index < -0.39 is 33.0 Å². The van der Waals surface area contributed by atoms with Crippen LogP contribution in [0.5, 0.6) is 17.2 Å². The van der Waals surface area contributed by atoms with Crippen molar-refractivity contribution in [2.45, 2.75) is 128 Å². The Bertz CT molecular complexity index is 2440. The third-order valence-corrected chi connectivity index (χ3v) is 13.8. The number of benzene rings is 5. The predicted octanol–water partition coefficient (Wildman–Crippen LogP) is 12.4. The third kappa shape index (κ3) is 12.7. The van der Waals surface area contributed by atoms with Gasteiger partial charge in [0.25, 0.3) is 5.91 Å². The van der Waals surface area contributed by atoms with Crippen LogP contribution in [0, 0.1) is 5.41 Å². The summed E-state index contributed by atoms with van der Waals surface area (Å²) in [4.78, 5) is 27.6. The van der Waals surface area contributed by atoms with E-state index in [2.05, 4.69) is 77.3 Å².